The fourth-order valence-electron chi connectivity index (χ4n) is 2.85. The van der Waals surface area contributed by atoms with Crippen LogP contribution < -0.4 is 0 Å². The van der Waals surface area contributed by atoms with Crippen LogP contribution in [0.2, 0.25) is 0 Å². The van der Waals surface area contributed by atoms with Crippen LogP contribution in [-0.2, 0) is 12.2 Å². The highest BCUT2D eigenvalue weighted by molar-refractivity contribution is 7.98. The van der Waals surface area contributed by atoms with Gasteiger partial charge in [0.15, 0.2) is 5.78 Å². The van der Waals surface area contributed by atoms with Gasteiger partial charge in [0, 0.05) is 30.5 Å². The topological polar surface area (TPSA) is 103 Å². The summed E-state index contributed by atoms with van der Waals surface area (Å²) < 4.78 is 1.64. The standard InChI is InChI=1S/C16H13N5O3S/c22-14-6-2-5-13-12(14)8-17-15-18-16(19-20(13)15)25-9-10-3-1-4-11(7-10)21(23)24/h1,3-4,7-8H,2,5-6,9H2. The highest BCUT2D eigenvalue weighted by Gasteiger charge is 2.22. The number of aryl methyl sites for hydroxylation is 1. The number of ketones is 1. The first-order valence-electron chi connectivity index (χ1n) is 7.76. The number of nitro groups is 1. The minimum absolute atomic E-state index is 0.0651. The van der Waals surface area contributed by atoms with Gasteiger partial charge in [-0.15, -0.1) is 5.10 Å². The molecule has 3 aromatic rings. The number of nitro benzene ring substituents is 1. The second-order valence-corrected chi connectivity index (χ2v) is 6.66. The molecule has 2 aromatic heterocycles. The van der Waals surface area contributed by atoms with Gasteiger partial charge in [0.2, 0.25) is 5.16 Å². The predicted octanol–water partition coefficient (Wildman–Crippen LogP) is 2.84. The Morgan fingerprint density at radius 3 is 3.04 bits per heavy atom. The van der Waals surface area contributed by atoms with E-state index in [1.54, 1.807) is 22.8 Å². The molecule has 8 nitrogen and oxygen atoms in total. The van der Waals surface area contributed by atoms with E-state index in [0.717, 1.165) is 24.1 Å². The lowest BCUT2D eigenvalue weighted by Crippen LogP contribution is -2.16. The maximum Gasteiger partial charge on any atom is 0.269 e. The molecule has 0 bridgehead atoms. The molecule has 2 heterocycles. The lowest BCUT2D eigenvalue weighted by Gasteiger charge is -2.13. The number of Topliss-reactive ketones (excluding diaryl/α,β-unsaturated/α-hetero) is 1. The molecule has 1 aromatic carbocycles. The van der Waals surface area contributed by atoms with E-state index in [1.165, 1.54) is 17.8 Å². The normalized spacial score (nSPS) is 13.8. The van der Waals surface area contributed by atoms with E-state index in [9.17, 15) is 14.9 Å². The van der Waals surface area contributed by atoms with Crippen LogP contribution in [0.4, 0.5) is 5.69 Å². The Balaban J connectivity index is 1.59. The van der Waals surface area contributed by atoms with Crippen molar-refractivity contribution in [2.24, 2.45) is 0 Å². The number of non-ortho nitro benzene ring substituents is 1. The second kappa shape index (κ2) is 6.25. The molecule has 0 aliphatic heterocycles. The fraction of sp³-hybridized carbons (Fsp3) is 0.250. The molecular weight excluding hydrogens is 342 g/mol. The number of fused-ring (bicyclic) bond motifs is 3. The Morgan fingerprint density at radius 1 is 1.32 bits per heavy atom. The molecule has 1 aliphatic rings. The predicted molar refractivity (Wildman–Crippen MR) is 90.7 cm³/mol. The van der Waals surface area contributed by atoms with Crippen molar-refractivity contribution >= 4 is 29.0 Å². The highest BCUT2D eigenvalue weighted by Crippen LogP contribution is 2.25. The number of carbonyl (C=O) groups excluding carboxylic acids is 1. The van der Waals surface area contributed by atoms with Crippen molar-refractivity contribution in [3.05, 3.63) is 57.4 Å². The van der Waals surface area contributed by atoms with Crippen molar-refractivity contribution in [3.63, 3.8) is 0 Å². The van der Waals surface area contributed by atoms with E-state index in [1.807, 2.05) is 6.07 Å². The van der Waals surface area contributed by atoms with Gasteiger partial charge in [0.1, 0.15) is 0 Å². The van der Waals surface area contributed by atoms with Gasteiger partial charge >= 0.3 is 0 Å². The summed E-state index contributed by atoms with van der Waals surface area (Å²) in [6.45, 7) is 0. The average Bonchev–Trinajstić information content (AvgIpc) is 3.04. The monoisotopic (exact) mass is 355 g/mol. The maximum atomic E-state index is 12.0. The SMILES string of the molecule is O=C1CCCc2c1cnc1nc(SCc3cccc([N+](=O)[O-])c3)nn21. The number of hydrogen-bond donors (Lipinski definition) is 0. The number of hydrogen-bond acceptors (Lipinski definition) is 7. The summed E-state index contributed by atoms with van der Waals surface area (Å²) in [4.78, 5) is 31.0. The molecule has 126 valence electrons. The Kier molecular flexibility index (Phi) is 3.92. The summed E-state index contributed by atoms with van der Waals surface area (Å²) in [6, 6.07) is 6.50. The first kappa shape index (κ1) is 15.7. The molecule has 25 heavy (non-hydrogen) atoms. The number of aromatic nitrogens is 4. The molecule has 0 amide bonds. The minimum atomic E-state index is -0.412. The molecule has 9 heteroatoms. The summed E-state index contributed by atoms with van der Waals surface area (Å²) >= 11 is 1.38. The van der Waals surface area contributed by atoms with Crippen LogP contribution in [0, 0.1) is 10.1 Å². The molecule has 0 N–H and O–H groups in total. The third-order valence-corrected chi connectivity index (χ3v) is 4.96. The van der Waals surface area contributed by atoms with Crippen molar-refractivity contribution in [1.29, 1.82) is 0 Å². The summed E-state index contributed by atoms with van der Waals surface area (Å²) in [6.07, 6.45) is 3.71. The number of benzene rings is 1. The smallest absolute Gasteiger partial charge is 0.269 e. The van der Waals surface area contributed by atoms with E-state index in [4.69, 9.17) is 0 Å². The number of thioether (sulfide) groups is 1. The number of carbonyl (C=O) groups is 1. The van der Waals surface area contributed by atoms with E-state index in [-0.39, 0.29) is 11.5 Å². The van der Waals surface area contributed by atoms with Crippen LogP contribution in [0.3, 0.4) is 0 Å². The first-order valence-corrected chi connectivity index (χ1v) is 8.74. The summed E-state index contributed by atoms with van der Waals surface area (Å²) in [5.41, 5.74) is 2.37. The largest absolute Gasteiger partial charge is 0.294 e. The third kappa shape index (κ3) is 2.98. The van der Waals surface area contributed by atoms with Gasteiger partial charge in [-0.3, -0.25) is 14.9 Å². The molecule has 0 unspecified atom stereocenters. The second-order valence-electron chi connectivity index (χ2n) is 5.72. The summed E-state index contributed by atoms with van der Waals surface area (Å²) in [5.74, 6) is 1.08. The number of rotatable bonds is 4. The molecular formula is C16H13N5O3S. The van der Waals surface area contributed by atoms with Gasteiger partial charge < -0.3 is 0 Å². The van der Waals surface area contributed by atoms with E-state index < -0.39 is 4.92 Å². The average molecular weight is 355 g/mol. The van der Waals surface area contributed by atoms with E-state index >= 15 is 0 Å². The highest BCUT2D eigenvalue weighted by atomic mass is 32.2. The van der Waals surface area contributed by atoms with Crippen LogP contribution in [0.1, 0.15) is 34.5 Å². The zero-order valence-electron chi connectivity index (χ0n) is 13.1. The zero-order valence-corrected chi connectivity index (χ0v) is 13.9. The van der Waals surface area contributed by atoms with Crippen LogP contribution in [0.15, 0.2) is 35.6 Å². The molecule has 0 fully saturated rings. The van der Waals surface area contributed by atoms with Gasteiger partial charge in [-0.25, -0.2) is 4.98 Å². The fourth-order valence-corrected chi connectivity index (χ4v) is 3.62. The molecule has 0 spiro atoms. The van der Waals surface area contributed by atoms with Crippen molar-refractivity contribution in [3.8, 4) is 0 Å². The van der Waals surface area contributed by atoms with Crippen molar-refractivity contribution in [1.82, 2.24) is 19.6 Å². The van der Waals surface area contributed by atoms with Crippen LogP contribution in [-0.4, -0.2) is 30.3 Å². The maximum absolute atomic E-state index is 12.0. The minimum Gasteiger partial charge on any atom is -0.294 e. The summed E-state index contributed by atoms with van der Waals surface area (Å²) in [5, 5.41) is 15.8. The van der Waals surface area contributed by atoms with E-state index in [0.29, 0.717) is 28.7 Å². The van der Waals surface area contributed by atoms with Crippen LogP contribution in [0.25, 0.3) is 5.78 Å². The number of nitrogens with zero attached hydrogens (tertiary/aromatic N) is 5. The van der Waals surface area contributed by atoms with E-state index in [2.05, 4.69) is 15.1 Å². The molecule has 1 aliphatic carbocycles. The molecule has 0 saturated carbocycles. The zero-order chi connectivity index (χ0) is 17.4. The van der Waals surface area contributed by atoms with Gasteiger partial charge in [0.05, 0.1) is 16.2 Å². The Hall–Kier alpha value is -2.81. The van der Waals surface area contributed by atoms with Crippen LogP contribution in [0.5, 0.6) is 0 Å². The van der Waals surface area contributed by atoms with Crippen molar-refractivity contribution in [2.45, 2.75) is 30.2 Å². The summed E-state index contributed by atoms with van der Waals surface area (Å²) in [7, 11) is 0. The Morgan fingerprint density at radius 2 is 2.20 bits per heavy atom. The Bertz CT molecular complexity index is 1000. The van der Waals surface area contributed by atoms with Gasteiger partial charge in [0.25, 0.3) is 11.5 Å². The van der Waals surface area contributed by atoms with Crippen LogP contribution >= 0.6 is 11.8 Å². The van der Waals surface area contributed by atoms with Gasteiger partial charge in [-0.2, -0.15) is 9.50 Å². The molecule has 4 rings (SSSR count). The Labute approximate surface area is 146 Å². The molecule has 0 radical (unpaired) electrons. The van der Waals surface area contributed by atoms with Gasteiger partial charge in [-0.1, -0.05) is 23.9 Å². The third-order valence-electron chi connectivity index (χ3n) is 4.05. The molecule has 0 atom stereocenters. The van der Waals surface area contributed by atoms with Gasteiger partial charge in [-0.05, 0) is 18.4 Å². The van der Waals surface area contributed by atoms with Crippen molar-refractivity contribution in [2.75, 3.05) is 0 Å². The van der Waals surface area contributed by atoms with Crippen molar-refractivity contribution < 1.29 is 9.72 Å². The lowest BCUT2D eigenvalue weighted by molar-refractivity contribution is -0.384. The molecule has 0 saturated heterocycles. The lowest BCUT2D eigenvalue weighted by atomic mass is 9.96. The quantitative estimate of drug-likeness (QED) is 0.403. The first-order chi connectivity index (χ1) is 12.1.